The first kappa shape index (κ1) is 11.9. The highest BCUT2D eigenvalue weighted by Crippen LogP contribution is 2.28. The summed E-state index contributed by atoms with van der Waals surface area (Å²) in [7, 11) is 0. The zero-order valence-corrected chi connectivity index (χ0v) is 10.3. The number of carbonyl (C=O) groups excluding carboxylic acids is 1. The van der Waals surface area contributed by atoms with Gasteiger partial charge in [0.2, 0.25) is 0 Å². The number of allylic oxidation sites excluding steroid dienone is 2. The summed E-state index contributed by atoms with van der Waals surface area (Å²) in [6, 6.07) is 7.62. The van der Waals surface area contributed by atoms with Crippen molar-refractivity contribution in [3.8, 4) is 0 Å². The minimum Gasteiger partial charge on any atom is -0.402 e. The first-order valence-corrected chi connectivity index (χ1v) is 6.25. The summed E-state index contributed by atoms with van der Waals surface area (Å²) in [5.41, 5.74) is 8.63. The van der Waals surface area contributed by atoms with Crippen molar-refractivity contribution in [2.75, 3.05) is 0 Å². The molecule has 2 rings (SSSR count). The lowest BCUT2D eigenvalue weighted by atomic mass is 10.0. The Hall–Kier alpha value is -1.57. The molecular formula is C15H19NO. The van der Waals surface area contributed by atoms with Crippen LogP contribution in [0, 0.1) is 12.8 Å². The molecule has 1 saturated carbocycles. The number of carbonyl (C=O) groups is 1. The zero-order valence-electron chi connectivity index (χ0n) is 10.3. The maximum Gasteiger partial charge on any atom is 0.187 e. The van der Waals surface area contributed by atoms with Gasteiger partial charge in [0.05, 0.1) is 0 Å². The first-order chi connectivity index (χ1) is 8.16. The molecule has 0 bridgehead atoms. The summed E-state index contributed by atoms with van der Waals surface area (Å²) in [6.45, 7) is 2.01. The van der Waals surface area contributed by atoms with Gasteiger partial charge in [-0.15, -0.1) is 0 Å². The Morgan fingerprint density at radius 2 is 1.82 bits per heavy atom. The summed E-state index contributed by atoms with van der Waals surface area (Å²) in [5.74, 6) is 0.443. The van der Waals surface area contributed by atoms with Gasteiger partial charge in [-0.1, -0.05) is 42.7 Å². The summed E-state index contributed by atoms with van der Waals surface area (Å²) < 4.78 is 0. The fraction of sp³-hybridized carbons (Fsp3) is 0.400. The molecule has 0 unspecified atom stereocenters. The van der Waals surface area contributed by atoms with Gasteiger partial charge in [0.1, 0.15) is 0 Å². The maximum atomic E-state index is 12.0. The van der Waals surface area contributed by atoms with Crippen LogP contribution in [0.2, 0.25) is 0 Å². The molecule has 0 aliphatic heterocycles. The lowest BCUT2D eigenvalue weighted by Crippen LogP contribution is -2.11. The smallest absolute Gasteiger partial charge is 0.187 e. The van der Waals surface area contributed by atoms with Crippen molar-refractivity contribution in [3.05, 3.63) is 47.2 Å². The van der Waals surface area contributed by atoms with Crippen molar-refractivity contribution in [1.82, 2.24) is 0 Å². The van der Waals surface area contributed by atoms with E-state index in [-0.39, 0.29) is 5.78 Å². The molecule has 1 aliphatic rings. The largest absolute Gasteiger partial charge is 0.402 e. The Kier molecular flexibility index (Phi) is 3.62. The number of hydrogen-bond donors (Lipinski definition) is 1. The van der Waals surface area contributed by atoms with Crippen LogP contribution in [0.1, 0.15) is 41.6 Å². The van der Waals surface area contributed by atoms with Crippen LogP contribution in [0.25, 0.3) is 0 Å². The van der Waals surface area contributed by atoms with E-state index in [4.69, 9.17) is 5.73 Å². The standard InChI is InChI=1S/C15H19NO/c1-11-6-8-13(9-7-11)15(17)10-14(16)12-4-2-3-5-12/h6-10,12H,2-5,16H2,1H3. The van der Waals surface area contributed by atoms with Gasteiger partial charge >= 0.3 is 0 Å². The molecular weight excluding hydrogens is 210 g/mol. The van der Waals surface area contributed by atoms with Crippen LogP contribution in [0.15, 0.2) is 36.0 Å². The van der Waals surface area contributed by atoms with E-state index in [1.165, 1.54) is 12.8 Å². The fourth-order valence-electron chi connectivity index (χ4n) is 2.33. The topological polar surface area (TPSA) is 43.1 Å². The molecule has 2 N–H and O–H groups in total. The Morgan fingerprint density at radius 1 is 1.24 bits per heavy atom. The normalized spacial score (nSPS) is 17.4. The Morgan fingerprint density at radius 3 is 2.41 bits per heavy atom. The summed E-state index contributed by atoms with van der Waals surface area (Å²) >= 11 is 0. The number of hydrogen-bond acceptors (Lipinski definition) is 2. The Bertz CT molecular complexity index is 425. The second kappa shape index (κ2) is 5.17. The molecule has 0 radical (unpaired) electrons. The van der Waals surface area contributed by atoms with E-state index in [0.29, 0.717) is 5.92 Å². The van der Waals surface area contributed by atoms with Gasteiger partial charge in [0.15, 0.2) is 5.78 Å². The van der Waals surface area contributed by atoms with E-state index in [1.807, 2.05) is 31.2 Å². The lowest BCUT2D eigenvalue weighted by molar-refractivity contribution is 0.104. The van der Waals surface area contributed by atoms with Crippen LogP contribution in [0.3, 0.4) is 0 Å². The maximum absolute atomic E-state index is 12.0. The molecule has 0 atom stereocenters. The van der Waals surface area contributed by atoms with Gasteiger partial charge in [-0.3, -0.25) is 4.79 Å². The molecule has 0 aromatic heterocycles. The SMILES string of the molecule is Cc1ccc(C(=O)C=C(N)C2CCCC2)cc1. The molecule has 0 saturated heterocycles. The van der Waals surface area contributed by atoms with E-state index in [9.17, 15) is 4.79 Å². The van der Waals surface area contributed by atoms with E-state index < -0.39 is 0 Å². The van der Waals surface area contributed by atoms with Gasteiger partial charge in [0, 0.05) is 17.3 Å². The minimum absolute atomic E-state index is 0.0226. The van der Waals surface area contributed by atoms with Gasteiger partial charge < -0.3 is 5.73 Å². The highest BCUT2D eigenvalue weighted by Gasteiger charge is 2.18. The summed E-state index contributed by atoms with van der Waals surface area (Å²) in [5, 5.41) is 0. The van der Waals surface area contributed by atoms with Crippen molar-refractivity contribution < 1.29 is 4.79 Å². The van der Waals surface area contributed by atoms with E-state index in [1.54, 1.807) is 6.08 Å². The Balaban J connectivity index is 2.09. The van der Waals surface area contributed by atoms with E-state index in [2.05, 4.69) is 0 Å². The van der Waals surface area contributed by atoms with Crippen molar-refractivity contribution in [2.24, 2.45) is 11.7 Å². The molecule has 2 nitrogen and oxygen atoms in total. The third kappa shape index (κ3) is 2.96. The molecule has 1 aromatic carbocycles. The summed E-state index contributed by atoms with van der Waals surface area (Å²) in [6.07, 6.45) is 6.34. The Labute approximate surface area is 103 Å². The first-order valence-electron chi connectivity index (χ1n) is 6.25. The molecule has 0 heterocycles. The second-order valence-electron chi connectivity index (χ2n) is 4.86. The van der Waals surface area contributed by atoms with Crippen molar-refractivity contribution in [1.29, 1.82) is 0 Å². The molecule has 1 aromatic rings. The number of aryl methyl sites for hydroxylation is 1. The van der Waals surface area contributed by atoms with Crippen LogP contribution in [-0.4, -0.2) is 5.78 Å². The number of nitrogens with two attached hydrogens (primary N) is 1. The molecule has 0 amide bonds. The van der Waals surface area contributed by atoms with Gasteiger partial charge in [-0.25, -0.2) is 0 Å². The monoisotopic (exact) mass is 229 g/mol. The van der Waals surface area contributed by atoms with Gasteiger partial charge in [-0.2, -0.15) is 0 Å². The van der Waals surface area contributed by atoms with Crippen molar-refractivity contribution in [2.45, 2.75) is 32.6 Å². The average Bonchev–Trinajstić information content (AvgIpc) is 2.83. The van der Waals surface area contributed by atoms with E-state index in [0.717, 1.165) is 29.7 Å². The van der Waals surface area contributed by atoms with Gasteiger partial charge in [-0.05, 0) is 25.7 Å². The van der Waals surface area contributed by atoms with E-state index >= 15 is 0 Å². The predicted molar refractivity (Wildman–Crippen MR) is 69.7 cm³/mol. The average molecular weight is 229 g/mol. The number of rotatable bonds is 3. The molecule has 90 valence electrons. The van der Waals surface area contributed by atoms with Crippen LogP contribution in [0.4, 0.5) is 0 Å². The number of benzene rings is 1. The van der Waals surface area contributed by atoms with Crippen LogP contribution in [0.5, 0.6) is 0 Å². The molecule has 17 heavy (non-hydrogen) atoms. The molecule has 1 fully saturated rings. The fourth-order valence-corrected chi connectivity index (χ4v) is 2.33. The third-order valence-electron chi connectivity index (χ3n) is 3.46. The molecule has 0 spiro atoms. The van der Waals surface area contributed by atoms with Crippen LogP contribution >= 0.6 is 0 Å². The quantitative estimate of drug-likeness (QED) is 0.639. The van der Waals surface area contributed by atoms with Crippen molar-refractivity contribution in [3.63, 3.8) is 0 Å². The van der Waals surface area contributed by atoms with Gasteiger partial charge in [0.25, 0.3) is 0 Å². The van der Waals surface area contributed by atoms with Crippen LogP contribution in [-0.2, 0) is 0 Å². The highest BCUT2D eigenvalue weighted by atomic mass is 16.1. The van der Waals surface area contributed by atoms with Crippen LogP contribution < -0.4 is 5.73 Å². The predicted octanol–water partition coefficient (Wildman–Crippen LogP) is 3.21. The lowest BCUT2D eigenvalue weighted by Gasteiger charge is -2.08. The highest BCUT2D eigenvalue weighted by molar-refractivity contribution is 6.04. The number of ketones is 1. The third-order valence-corrected chi connectivity index (χ3v) is 3.46. The van der Waals surface area contributed by atoms with Crippen molar-refractivity contribution >= 4 is 5.78 Å². The minimum atomic E-state index is 0.0226. The molecule has 1 aliphatic carbocycles. The zero-order chi connectivity index (χ0) is 12.3. The summed E-state index contributed by atoms with van der Waals surface area (Å²) in [4.78, 5) is 12.0. The molecule has 2 heteroatoms. The second-order valence-corrected chi connectivity index (χ2v) is 4.86.